The zero-order valence-corrected chi connectivity index (χ0v) is 13.1. The zero-order chi connectivity index (χ0) is 15.4. The van der Waals surface area contributed by atoms with E-state index in [2.05, 4.69) is 27.1 Å². The van der Waals surface area contributed by atoms with Crippen molar-refractivity contribution >= 4 is 17.5 Å². The van der Waals surface area contributed by atoms with Gasteiger partial charge in [-0.15, -0.1) is 0 Å². The number of methoxy groups -OCH3 is 1. The van der Waals surface area contributed by atoms with E-state index in [1.165, 1.54) is 12.8 Å². The van der Waals surface area contributed by atoms with Crippen molar-refractivity contribution in [3.8, 4) is 5.75 Å². The average molecular weight is 298 g/mol. The third kappa shape index (κ3) is 3.47. The van der Waals surface area contributed by atoms with E-state index in [9.17, 15) is 0 Å². The maximum Gasteiger partial charge on any atom is 0.229 e. The number of nitrogens with zero attached hydrogens (tertiary/aromatic N) is 3. The van der Waals surface area contributed by atoms with Gasteiger partial charge in [-0.25, -0.2) is 4.98 Å². The summed E-state index contributed by atoms with van der Waals surface area (Å²) >= 11 is 0. The molecule has 5 nitrogen and oxygen atoms in total. The smallest absolute Gasteiger partial charge is 0.229 e. The van der Waals surface area contributed by atoms with Crippen LogP contribution < -0.4 is 15.0 Å². The molecule has 1 aromatic carbocycles. The van der Waals surface area contributed by atoms with Gasteiger partial charge in [-0.3, -0.25) is 0 Å². The molecule has 0 radical (unpaired) electrons. The summed E-state index contributed by atoms with van der Waals surface area (Å²) < 4.78 is 5.16. The molecule has 1 aliphatic rings. The Morgan fingerprint density at radius 2 is 1.86 bits per heavy atom. The number of nitrogens with one attached hydrogen (secondary N) is 1. The van der Waals surface area contributed by atoms with Gasteiger partial charge < -0.3 is 15.0 Å². The van der Waals surface area contributed by atoms with E-state index in [0.29, 0.717) is 5.95 Å². The summed E-state index contributed by atoms with van der Waals surface area (Å²) in [6, 6.07) is 9.72. The van der Waals surface area contributed by atoms with Crippen LogP contribution in [-0.2, 0) is 0 Å². The Balaban J connectivity index is 1.70. The largest absolute Gasteiger partial charge is 0.497 e. The third-order valence-corrected chi connectivity index (χ3v) is 4.09. The van der Waals surface area contributed by atoms with Gasteiger partial charge in [-0.2, -0.15) is 4.98 Å². The molecule has 0 unspecified atom stereocenters. The molecular formula is C17H22N4O. The zero-order valence-electron chi connectivity index (χ0n) is 13.1. The number of hydrogen-bond donors (Lipinski definition) is 1. The molecule has 0 bridgehead atoms. The van der Waals surface area contributed by atoms with Crippen LogP contribution in [0.5, 0.6) is 5.75 Å². The van der Waals surface area contributed by atoms with E-state index in [1.54, 1.807) is 7.11 Å². The molecule has 0 amide bonds. The second-order valence-corrected chi connectivity index (χ2v) is 5.76. The molecule has 3 rings (SSSR count). The quantitative estimate of drug-likeness (QED) is 0.936. The van der Waals surface area contributed by atoms with Gasteiger partial charge in [0.2, 0.25) is 5.95 Å². The summed E-state index contributed by atoms with van der Waals surface area (Å²) in [5.41, 5.74) is 0.949. The molecule has 1 fully saturated rings. The van der Waals surface area contributed by atoms with Crippen LogP contribution in [0.25, 0.3) is 0 Å². The molecule has 0 atom stereocenters. The Bertz CT molecular complexity index is 606. The summed E-state index contributed by atoms with van der Waals surface area (Å²) in [6.45, 7) is 4.45. The average Bonchev–Trinajstić information content (AvgIpc) is 2.56. The van der Waals surface area contributed by atoms with Crippen molar-refractivity contribution in [3.63, 3.8) is 0 Å². The van der Waals surface area contributed by atoms with E-state index in [-0.39, 0.29) is 0 Å². The lowest BCUT2D eigenvalue weighted by atomic mass is 9.99. The van der Waals surface area contributed by atoms with E-state index in [0.717, 1.165) is 36.3 Å². The van der Waals surface area contributed by atoms with Crippen molar-refractivity contribution in [3.05, 3.63) is 36.5 Å². The molecule has 0 spiro atoms. The fraction of sp³-hybridized carbons (Fsp3) is 0.412. The van der Waals surface area contributed by atoms with Crippen LogP contribution in [0, 0.1) is 5.92 Å². The summed E-state index contributed by atoms with van der Waals surface area (Å²) in [4.78, 5) is 11.3. The highest BCUT2D eigenvalue weighted by atomic mass is 16.5. The molecule has 1 N–H and O–H groups in total. The predicted octanol–water partition coefficient (Wildman–Crippen LogP) is 3.47. The molecular weight excluding hydrogens is 276 g/mol. The number of anilines is 3. The Kier molecular flexibility index (Phi) is 4.42. The van der Waals surface area contributed by atoms with Gasteiger partial charge in [-0.05, 0) is 49.1 Å². The Morgan fingerprint density at radius 3 is 2.55 bits per heavy atom. The normalized spacial score (nSPS) is 15.6. The Morgan fingerprint density at radius 1 is 1.14 bits per heavy atom. The van der Waals surface area contributed by atoms with E-state index >= 15 is 0 Å². The first-order chi connectivity index (χ1) is 10.7. The minimum Gasteiger partial charge on any atom is -0.497 e. The third-order valence-electron chi connectivity index (χ3n) is 4.09. The number of hydrogen-bond acceptors (Lipinski definition) is 5. The highest BCUT2D eigenvalue weighted by molar-refractivity contribution is 5.56. The fourth-order valence-electron chi connectivity index (χ4n) is 2.63. The number of rotatable bonds is 4. The maximum absolute atomic E-state index is 5.16. The molecule has 22 heavy (non-hydrogen) atoms. The minimum atomic E-state index is 0.626. The molecule has 1 saturated heterocycles. The second kappa shape index (κ2) is 6.64. The van der Waals surface area contributed by atoms with E-state index < -0.39 is 0 Å². The second-order valence-electron chi connectivity index (χ2n) is 5.76. The summed E-state index contributed by atoms with van der Waals surface area (Å²) in [6.07, 6.45) is 4.27. The number of benzene rings is 1. The lowest BCUT2D eigenvalue weighted by molar-refractivity contribution is 0.415. The Hall–Kier alpha value is -2.30. The van der Waals surface area contributed by atoms with Gasteiger partial charge in [0.1, 0.15) is 11.6 Å². The van der Waals surface area contributed by atoms with Gasteiger partial charge in [0.05, 0.1) is 7.11 Å². The molecule has 1 aliphatic heterocycles. The van der Waals surface area contributed by atoms with Crippen molar-refractivity contribution in [2.75, 3.05) is 30.4 Å². The fourth-order valence-corrected chi connectivity index (χ4v) is 2.63. The van der Waals surface area contributed by atoms with Crippen molar-refractivity contribution in [2.45, 2.75) is 19.8 Å². The number of aromatic nitrogens is 2. The monoisotopic (exact) mass is 298 g/mol. The van der Waals surface area contributed by atoms with Crippen LogP contribution in [-0.4, -0.2) is 30.2 Å². The molecule has 1 aromatic heterocycles. The maximum atomic E-state index is 5.16. The number of piperidine rings is 1. The topological polar surface area (TPSA) is 50.3 Å². The SMILES string of the molecule is COc1ccc(Nc2nccc(N3CCC(C)CC3)n2)cc1. The van der Waals surface area contributed by atoms with Crippen LogP contribution >= 0.6 is 0 Å². The molecule has 2 heterocycles. The van der Waals surface area contributed by atoms with Crippen LogP contribution in [0.15, 0.2) is 36.5 Å². The van der Waals surface area contributed by atoms with Crippen LogP contribution in [0.2, 0.25) is 0 Å². The van der Waals surface area contributed by atoms with E-state index in [1.807, 2.05) is 36.5 Å². The van der Waals surface area contributed by atoms with Gasteiger partial charge in [-0.1, -0.05) is 6.92 Å². The van der Waals surface area contributed by atoms with Crippen LogP contribution in [0.3, 0.4) is 0 Å². The lowest BCUT2D eigenvalue weighted by Gasteiger charge is -2.31. The van der Waals surface area contributed by atoms with Crippen molar-refractivity contribution in [2.24, 2.45) is 5.92 Å². The first kappa shape index (κ1) is 14.6. The lowest BCUT2D eigenvalue weighted by Crippen LogP contribution is -2.33. The van der Waals surface area contributed by atoms with Gasteiger partial charge in [0, 0.05) is 25.0 Å². The standard InChI is InChI=1S/C17H22N4O/c1-13-8-11-21(12-9-13)16-7-10-18-17(20-16)19-14-3-5-15(22-2)6-4-14/h3-7,10,13H,8-9,11-12H2,1-2H3,(H,18,19,20). The van der Waals surface area contributed by atoms with Crippen LogP contribution in [0.4, 0.5) is 17.5 Å². The summed E-state index contributed by atoms with van der Waals surface area (Å²) in [7, 11) is 1.66. The van der Waals surface area contributed by atoms with Crippen molar-refractivity contribution in [1.29, 1.82) is 0 Å². The molecule has 5 heteroatoms. The highest BCUT2D eigenvalue weighted by Gasteiger charge is 2.17. The highest BCUT2D eigenvalue weighted by Crippen LogP contribution is 2.23. The first-order valence-electron chi connectivity index (χ1n) is 7.73. The summed E-state index contributed by atoms with van der Waals surface area (Å²) in [5.74, 6) is 3.27. The van der Waals surface area contributed by atoms with Crippen molar-refractivity contribution < 1.29 is 4.74 Å². The number of ether oxygens (including phenoxy) is 1. The first-order valence-corrected chi connectivity index (χ1v) is 7.73. The van der Waals surface area contributed by atoms with Gasteiger partial charge in [0.15, 0.2) is 0 Å². The minimum absolute atomic E-state index is 0.626. The molecule has 2 aromatic rings. The Labute approximate surface area is 131 Å². The van der Waals surface area contributed by atoms with Gasteiger partial charge in [0.25, 0.3) is 0 Å². The van der Waals surface area contributed by atoms with Crippen molar-refractivity contribution in [1.82, 2.24) is 9.97 Å². The van der Waals surface area contributed by atoms with E-state index in [4.69, 9.17) is 4.74 Å². The predicted molar refractivity (Wildman–Crippen MR) is 88.9 cm³/mol. The van der Waals surface area contributed by atoms with Crippen LogP contribution in [0.1, 0.15) is 19.8 Å². The molecule has 0 aliphatic carbocycles. The molecule has 116 valence electrons. The molecule has 0 saturated carbocycles. The summed E-state index contributed by atoms with van der Waals surface area (Å²) in [5, 5.41) is 3.24. The van der Waals surface area contributed by atoms with Gasteiger partial charge >= 0.3 is 0 Å².